The van der Waals surface area contributed by atoms with Gasteiger partial charge in [-0.25, -0.2) is 0 Å². The zero-order valence-electron chi connectivity index (χ0n) is 9.95. The summed E-state index contributed by atoms with van der Waals surface area (Å²) in [5.74, 6) is 0. The standard InChI is InChI=1S/C13H19BO2/c1-2-3-5-12-6-8-13(9-7-12)14-15-10-4-11-16-14/h6-9H,2-5,10-11H2,1H3. The van der Waals surface area contributed by atoms with Gasteiger partial charge in [0.25, 0.3) is 0 Å². The molecule has 1 aromatic carbocycles. The molecule has 0 atom stereocenters. The number of hydrogen-bond acceptors (Lipinski definition) is 2. The molecule has 3 heteroatoms. The molecule has 2 rings (SSSR count). The van der Waals surface area contributed by atoms with Gasteiger partial charge in [0.05, 0.1) is 0 Å². The second-order valence-corrected chi connectivity index (χ2v) is 4.27. The maximum atomic E-state index is 5.56. The smallest absolute Gasteiger partial charge is 0.407 e. The van der Waals surface area contributed by atoms with Crippen molar-refractivity contribution >= 4 is 12.6 Å². The first-order chi connectivity index (χ1) is 7.90. The molecule has 0 aromatic heterocycles. The Labute approximate surface area is 98.1 Å². The predicted molar refractivity (Wildman–Crippen MR) is 67.0 cm³/mol. The maximum absolute atomic E-state index is 5.56. The highest BCUT2D eigenvalue weighted by atomic mass is 16.6. The third kappa shape index (κ3) is 3.10. The molecule has 0 bridgehead atoms. The molecular weight excluding hydrogens is 199 g/mol. The van der Waals surface area contributed by atoms with Gasteiger partial charge in [-0.1, -0.05) is 37.6 Å². The van der Waals surface area contributed by atoms with Crippen molar-refractivity contribution in [2.45, 2.75) is 32.6 Å². The van der Waals surface area contributed by atoms with Crippen molar-refractivity contribution in [3.05, 3.63) is 29.8 Å². The number of hydrogen-bond donors (Lipinski definition) is 0. The molecule has 1 fully saturated rings. The molecule has 1 saturated heterocycles. The summed E-state index contributed by atoms with van der Waals surface area (Å²) in [6.45, 7) is 3.84. The lowest BCUT2D eigenvalue weighted by Gasteiger charge is -2.19. The summed E-state index contributed by atoms with van der Waals surface area (Å²) in [7, 11) is -0.144. The predicted octanol–water partition coefficient (Wildman–Crippen LogP) is 2.16. The molecule has 1 aromatic rings. The van der Waals surface area contributed by atoms with Crippen LogP contribution in [0.1, 0.15) is 31.7 Å². The SMILES string of the molecule is CCCCc1ccc(B2OCCCO2)cc1. The van der Waals surface area contributed by atoms with Gasteiger partial charge in [-0.2, -0.15) is 0 Å². The first-order valence-electron chi connectivity index (χ1n) is 6.22. The van der Waals surface area contributed by atoms with Crippen molar-refractivity contribution in [2.24, 2.45) is 0 Å². The molecule has 0 saturated carbocycles. The second kappa shape index (κ2) is 6.07. The molecule has 16 heavy (non-hydrogen) atoms. The molecule has 1 aliphatic heterocycles. The summed E-state index contributed by atoms with van der Waals surface area (Å²) < 4.78 is 11.1. The highest BCUT2D eigenvalue weighted by Gasteiger charge is 2.23. The van der Waals surface area contributed by atoms with E-state index in [0.717, 1.165) is 25.1 Å². The lowest BCUT2D eigenvalue weighted by atomic mass is 9.77. The first-order valence-corrected chi connectivity index (χ1v) is 6.22. The van der Waals surface area contributed by atoms with E-state index in [1.165, 1.54) is 24.8 Å². The van der Waals surface area contributed by atoms with E-state index < -0.39 is 0 Å². The quantitative estimate of drug-likeness (QED) is 0.721. The number of benzene rings is 1. The highest BCUT2D eigenvalue weighted by molar-refractivity contribution is 6.61. The van der Waals surface area contributed by atoms with Crippen molar-refractivity contribution in [3.63, 3.8) is 0 Å². The van der Waals surface area contributed by atoms with E-state index >= 15 is 0 Å². The summed E-state index contributed by atoms with van der Waals surface area (Å²) in [5, 5.41) is 0. The molecule has 0 spiro atoms. The van der Waals surface area contributed by atoms with E-state index in [1.807, 2.05) is 0 Å². The van der Waals surface area contributed by atoms with E-state index in [1.54, 1.807) is 0 Å². The van der Waals surface area contributed by atoms with Crippen LogP contribution in [-0.4, -0.2) is 20.3 Å². The number of aryl methyl sites for hydroxylation is 1. The normalized spacial score (nSPS) is 16.4. The fourth-order valence-corrected chi connectivity index (χ4v) is 1.90. The van der Waals surface area contributed by atoms with Crippen molar-refractivity contribution in [2.75, 3.05) is 13.2 Å². The Morgan fingerprint density at radius 2 is 1.81 bits per heavy atom. The van der Waals surface area contributed by atoms with Gasteiger partial charge < -0.3 is 9.31 Å². The fourth-order valence-electron chi connectivity index (χ4n) is 1.90. The van der Waals surface area contributed by atoms with Crippen molar-refractivity contribution in [1.29, 1.82) is 0 Å². The largest absolute Gasteiger partial charge is 0.493 e. The molecule has 0 aliphatic carbocycles. The van der Waals surface area contributed by atoms with Gasteiger partial charge in [0.1, 0.15) is 0 Å². The molecule has 1 heterocycles. The van der Waals surface area contributed by atoms with Gasteiger partial charge in [-0.15, -0.1) is 0 Å². The Hall–Kier alpha value is -0.795. The Balaban J connectivity index is 1.95. The van der Waals surface area contributed by atoms with Crippen molar-refractivity contribution < 1.29 is 9.31 Å². The molecule has 86 valence electrons. The van der Waals surface area contributed by atoms with Gasteiger partial charge >= 0.3 is 7.12 Å². The molecule has 0 N–H and O–H groups in total. The van der Waals surface area contributed by atoms with Crippen LogP contribution in [0.25, 0.3) is 0 Å². The van der Waals surface area contributed by atoms with E-state index in [2.05, 4.69) is 31.2 Å². The van der Waals surface area contributed by atoms with Gasteiger partial charge in [0.2, 0.25) is 0 Å². The summed E-state index contributed by atoms with van der Waals surface area (Å²) in [5.41, 5.74) is 2.54. The van der Waals surface area contributed by atoms with Crippen LogP contribution in [0.3, 0.4) is 0 Å². The topological polar surface area (TPSA) is 18.5 Å². The minimum atomic E-state index is -0.144. The van der Waals surface area contributed by atoms with Crippen LogP contribution in [-0.2, 0) is 15.7 Å². The Kier molecular flexibility index (Phi) is 4.43. The molecule has 0 radical (unpaired) electrons. The van der Waals surface area contributed by atoms with Gasteiger partial charge in [-0.3, -0.25) is 0 Å². The van der Waals surface area contributed by atoms with E-state index in [-0.39, 0.29) is 7.12 Å². The average molecular weight is 218 g/mol. The van der Waals surface area contributed by atoms with Gasteiger partial charge in [0.15, 0.2) is 0 Å². The number of rotatable bonds is 4. The summed E-state index contributed by atoms with van der Waals surface area (Å²) in [6.07, 6.45) is 4.68. The van der Waals surface area contributed by atoms with Crippen molar-refractivity contribution in [1.82, 2.24) is 0 Å². The van der Waals surface area contributed by atoms with Crippen LogP contribution >= 0.6 is 0 Å². The zero-order valence-corrected chi connectivity index (χ0v) is 9.95. The highest BCUT2D eigenvalue weighted by Crippen LogP contribution is 2.06. The minimum absolute atomic E-state index is 0.144. The third-order valence-electron chi connectivity index (χ3n) is 2.90. The molecule has 0 amide bonds. The van der Waals surface area contributed by atoms with Crippen LogP contribution in [0.2, 0.25) is 0 Å². The molecule has 2 nitrogen and oxygen atoms in total. The number of unbranched alkanes of at least 4 members (excludes halogenated alkanes) is 1. The molecule has 1 aliphatic rings. The average Bonchev–Trinajstić information content (AvgIpc) is 2.38. The lowest BCUT2D eigenvalue weighted by molar-refractivity contribution is 0.143. The van der Waals surface area contributed by atoms with Crippen LogP contribution < -0.4 is 5.46 Å². The second-order valence-electron chi connectivity index (χ2n) is 4.27. The Morgan fingerprint density at radius 3 is 2.44 bits per heavy atom. The third-order valence-corrected chi connectivity index (χ3v) is 2.90. The van der Waals surface area contributed by atoms with Crippen LogP contribution in [0.15, 0.2) is 24.3 Å². The summed E-state index contributed by atoms with van der Waals surface area (Å²) in [4.78, 5) is 0. The van der Waals surface area contributed by atoms with Gasteiger partial charge in [0, 0.05) is 13.2 Å². The van der Waals surface area contributed by atoms with Crippen LogP contribution in [0.4, 0.5) is 0 Å². The van der Waals surface area contributed by atoms with E-state index in [4.69, 9.17) is 9.31 Å². The van der Waals surface area contributed by atoms with E-state index in [0.29, 0.717) is 0 Å². The fraction of sp³-hybridized carbons (Fsp3) is 0.538. The molecular formula is C13H19BO2. The lowest BCUT2D eigenvalue weighted by Crippen LogP contribution is -2.40. The maximum Gasteiger partial charge on any atom is 0.493 e. The first kappa shape index (κ1) is 11.7. The molecule has 0 unspecified atom stereocenters. The Bertz CT molecular complexity index is 304. The minimum Gasteiger partial charge on any atom is -0.407 e. The zero-order chi connectivity index (χ0) is 11.2. The van der Waals surface area contributed by atoms with Crippen LogP contribution in [0.5, 0.6) is 0 Å². The van der Waals surface area contributed by atoms with E-state index in [9.17, 15) is 0 Å². The van der Waals surface area contributed by atoms with Crippen LogP contribution in [0, 0.1) is 0 Å². The van der Waals surface area contributed by atoms with Gasteiger partial charge in [-0.05, 0) is 30.3 Å². The van der Waals surface area contributed by atoms with Crippen molar-refractivity contribution in [3.8, 4) is 0 Å². The Morgan fingerprint density at radius 1 is 1.12 bits per heavy atom. The summed E-state index contributed by atoms with van der Waals surface area (Å²) >= 11 is 0. The monoisotopic (exact) mass is 218 g/mol. The summed E-state index contributed by atoms with van der Waals surface area (Å²) in [6, 6.07) is 8.63.